The average molecular weight is 357 g/mol. The number of hydrogen-bond donors (Lipinski definition) is 1. The third-order valence-electron chi connectivity index (χ3n) is 2.78. The molecule has 0 saturated heterocycles. The summed E-state index contributed by atoms with van der Waals surface area (Å²) in [7, 11) is 0. The lowest BCUT2D eigenvalue weighted by Gasteiger charge is -2.10. The van der Waals surface area contributed by atoms with Crippen molar-refractivity contribution in [2.24, 2.45) is 0 Å². The highest BCUT2D eigenvalue weighted by atomic mass is 79.9. The molecule has 0 fully saturated rings. The van der Waals surface area contributed by atoms with E-state index in [0.717, 1.165) is 13.0 Å². The van der Waals surface area contributed by atoms with Crippen molar-refractivity contribution in [3.63, 3.8) is 0 Å². The highest BCUT2D eigenvalue weighted by Crippen LogP contribution is 2.31. The molecule has 0 unspecified atom stereocenters. The summed E-state index contributed by atoms with van der Waals surface area (Å²) in [5.74, 6) is -0.739. The predicted octanol–water partition coefficient (Wildman–Crippen LogP) is 4.41. The fraction of sp³-hybridized carbons (Fsp3) is 0.267. The molecule has 6 heteroatoms. The van der Waals surface area contributed by atoms with Gasteiger partial charge >= 0.3 is 0 Å². The molecule has 0 radical (unpaired) electrons. The number of halogens is 3. The van der Waals surface area contributed by atoms with Gasteiger partial charge in [-0.3, -0.25) is 0 Å². The second-order valence-corrected chi connectivity index (χ2v) is 5.30. The van der Waals surface area contributed by atoms with Gasteiger partial charge in [-0.15, -0.1) is 0 Å². The zero-order valence-corrected chi connectivity index (χ0v) is 13.1. The maximum absolute atomic E-state index is 14.3. The predicted molar refractivity (Wildman–Crippen MR) is 80.4 cm³/mol. The Balaban J connectivity index is 2.18. The first-order chi connectivity index (χ1) is 10.1. The van der Waals surface area contributed by atoms with Gasteiger partial charge in [0.1, 0.15) is 11.6 Å². The van der Waals surface area contributed by atoms with E-state index >= 15 is 0 Å². The van der Waals surface area contributed by atoms with Gasteiger partial charge in [0, 0.05) is 18.3 Å². The lowest BCUT2D eigenvalue weighted by Crippen LogP contribution is -2.15. The van der Waals surface area contributed by atoms with Crippen LogP contribution in [0.4, 0.5) is 8.78 Å². The van der Waals surface area contributed by atoms with Gasteiger partial charge in [0.25, 0.3) is 5.88 Å². The summed E-state index contributed by atoms with van der Waals surface area (Å²) in [5, 5.41) is 3.12. The molecule has 0 aliphatic heterocycles. The van der Waals surface area contributed by atoms with Gasteiger partial charge in [-0.2, -0.15) is 0 Å². The van der Waals surface area contributed by atoms with E-state index in [1.54, 1.807) is 6.07 Å². The van der Waals surface area contributed by atoms with Crippen LogP contribution in [0, 0.1) is 11.6 Å². The molecule has 1 N–H and O–H groups in total. The van der Waals surface area contributed by atoms with Crippen LogP contribution in [-0.2, 0) is 6.54 Å². The molecule has 2 aromatic rings. The summed E-state index contributed by atoms with van der Waals surface area (Å²) in [6.07, 6.45) is 2.46. The smallest absolute Gasteiger partial charge is 0.256 e. The van der Waals surface area contributed by atoms with Crippen LogP contribution < -0.4 is 10.1 Å². The van der Waals surface area contributed by atoms with E-state index in [9.17, 15) is 8.78 Å². The van der Waals surface area contributed by atoms with Crippen LogP contribution in [-0.4, -0.2) is 11.5 Å². The summed E-state index contributed by atoms with van der Waals surface area (Å²) in [5.41, 5.74) is 0.478. The average Bonchev–Trinajstić information content (AvgIpc) is 2.46. The highest BCUT2D eigenvalue weighted by Gasteiger charge is 2.13. The van der Waals surface area contributed by atoms with Gasteiger partial charge in [0.2, 0.25) is 0 Å². The first-order valence-electron chi connectivity index (χ1n) is 6.58. The number of hydrogen-bond acceptors (Lipinski definition) is 3. The van der Waals surface area contributed by atoms with Crippen LogP contribution in [0.5, 0.6) is 11.6 Å². The van der Waals surface area contributed by atoms with Crippen molar-refractivity contribution in [2.75, 3.05) is 6.54 Å². The minimum atomic E-state index is -0.516. The van der Waals surface area contributed by atoms with Gasteiger partial charge in [-0.25, -0.2) is 13.8 Å². The molecule has 1 aromatic heterocycles. The molecule has 112 valence electrons. The minimum Gasteiger partial charge on any atom is -0.435 e. The van der Waals surface area contributed by atoms with E-state index in [2.05, 4.69) is 26.2 Å². The van der Waals surface area contributed by atoms with E-state index in [1.807, 2.05) is 6.92 Å². The number of nitrogens with zero attached hydrogens (tertiary/aromatic N) is 1. The minimum absolute atomic E-state index is 0.127. The second-order valence-electron chi connectivity index (χ2n) is 4.44. The molecule has 1 aromatic carbocycles. The van der Waals surface area contributed by atoms with Crippen molar-refractivity contribution in [1.29, 1.82) is 0 Å². The van der Waals surface area contributed by atoms with Crippen LogP contribution in [0.3, 0.4) is 0 Å². The summed E-state index contributed by atoms with van der Waals surface area (Å²) >= 11 is 3.17. The zero-order chi connectivity index (χ0) is 15.2. The van der Waals surface area contributed by atoms with Gasteiger partial charge in [0.15, 0.2) is 5.82 Å². The van der Waals surface area contributed by atoms with Crippen molar-refractivity contribution in [3.05, 3.63) is 52.1 Å². The Labute approximate surface area is 130 Å². The second kappa shape index (κ2) is 7.47. The van der Waals surface area contributed by atoms with E-state index in [-0.39, 0.29) is 5.88 Å². The topological polar surface area (TPSA) is 34.2 Å². The van der Waals surface area contributed by atoms with Gasteiger partial charge in [-0.1, -0.05) is 6.92 Å². The molecular formula is C15H15BrF2N2O. The quantitative estimate of drug-likeness (QED) is 0.778. The molecule has 21 heavy (non-hydrogen) atoms. The maximum Gasteiger partial charge on any atom is 0.256 e. The normalized spacial score (nSPS) is 10.7. The monoisotopic (exact) mass is 356 g/mol. The Hall–Kier alpha value is -1.53. The summed E-state index contributed by atoms with van der Waals surface area (Å²) in [6, 6.07) is 5.51. The van der Waals surface area contributed by atoms with Crippen molar-refractivity contribution in [3.8, 4) is 11.6 Å². The molecule has 0 spiro atoms. The molecule has 3 nitrogen and oxygen atoms in total. The van der Waals surface area contributed by atoms with Crippen molar-refractivity contribution < 1.29 is 13.5 Å². The van der Waals surface area contributed by atoms with E-state index < -0.39 is 11.6 Å². The lowest BCUT2D eigenvalue weighted by atomic mass is 10.2. The Morgan fingerprint density at radius 2 is 2.10 bits per heavy atom. The van der Waals surface area contributed by atoms with Gasteiger partial charge in [-0.05, 0) is 53.2 Å². The summed E-state index contributed by atoms with van der Waals surface area (Å²) in [4.78, 5) is 3.89. The third-order valence-corrected chi connectivity index (χ3v) is 3.40. The lowest BCUT2D eigenvalue weighted by molar-refractivity contribution is 0.414. The maximum atomic E-state index is 14.3. The fourth-order valence-corrected chi connectivity index (χ4v) is 2.16. The Kier molecular flexibility index (Phi) is 5.64. The number of benzene rings is 1. The Morgan fingerprint density at radius 1 is 1.29 bits per heavy atom. The van der Waals surface area contributed by atoms with E-state index in [1.165, 1.54) is 24.4 Å². The van der Waals surface area contributed by atoms with Crippen molar-refractivity contribution in [2.45, 2.75) is 19.9 Å². The van der Waals surface area contributed by atoms with E-state index in [4.69, 9.17) is 4.74 Å². The molecule has 0 saturated carbocycles. The molecule has 2 rings (SSSR count). The molecule has 0 aliphatic rings. The Bertz CT molecular complexity index is 623. The third kappa shape index (κ3) is 4.22. The van der Waals surface area contributed by atoms with Crippen molar-refractivity contribution >= 4 is 15.9 Å². The largest absolute Gasteiger partial charge is 0.435 e. The first-order valence-corrected chi connectivity index (χ1v) is 7.38. The van der Waals surface area contributed by atoms with Crippen LogP contribution in [0.2, 0.25) is 0 Å². The summed E-state index contributed by atoms with van der Waals surface area (Å²) in [6.45, 7) is 3.25. The highest BCUT2D eigenvalue weighted by molar-refractivity contribution is 9.10. The van der Waals surface area contributed by atoms with Gasteiger partial charge < -0.3 is 10.1 Å². The molecule has 0 atom stereocenters. The zero-order valence-electron chi connectivity index (χ0n) is 11.5. The molecular weight excluding hydrogens is 342 g/mol. The number of aromatic nitrogens is 1. The molecule has 0 amide bonds. The summed E-state index contributed by atoms with van der Waals surface area (Å²) < 4.78 is 33.1. The van der Waals surface area contributed by atoms with Gasteiger partial charge in [0.05, 0.1) is 4.47 Å². The number of rotatable bonds is 6. The van der Waals surface area contributed by atoms with Crippen LogP contribution in [0.15, 0.2) is 34.9 Å². The first kappa shape index (κ1) is 15.9. The van der Waals surface area contributed by atoms with Crippen LogP contribution in [0.1, 0.15) is 18.9 Å². The SMILES string of the molecule is CCCNCc1ccnc(Oc2ccc(F)cc2Br)c1F. The number of nitrogens with one attached hydrogen (secondary N) is 1. The number of pyridine rings is 1. The fourth-order valence-electron chi connectivity index (χ4n) is 1.73. The molecule has 0 bridgehead atoms. The van der Waals surface area contributed by atoms with Crippen LogP contribution in [0.25, 0.3) is 0 Å². The molecule has 0 aliphatic carbocycles. The number of ether oxygens (including phenoxy) is 1. The van der Waals surface area contributed by atoms with Crippen LogP contribution >= 0.6 is 15.9 Å². The Morgan fingerprint density at radius 3 is 2.81 bits per heavy atom. The molecule has 1 heterocycles. The standard InChI is InChI=1S/C15H15BrF2N2O/c1-2-6-19-9-10-5-7-20-15(14(10)18)21-13-4-3-11(17)8-12(13)16/h3-5,7-8,19H,2,6,9H2,1H3. The van der Waals surface area contributed by atoms with E-state index in [0.29, 0.717) is 22.3 Å². The van der Waals surface area contributed by atoms with Crippen molar-refractivity contribution in [1.82, 2.24) is 10.3 Å².